The van der Waals surface area contributed by atoms with E-state index in [2.05, 4.69) is 33.7 Å². The van der Waals surface area contributed by atoms with Crippen LogP contribution in [0.1, 0.15) is 32.5 Å². The molecule has 7 heteroatoms. The Morgan fingerprint density at radius 1 is 1.10 bits per heavy atom. The maximum absolute atomic E-state index is 12.5. The van der Waals surface area contributed by atoms with E-state index in [0.717, 1.165) is 35.5 Å². The number of carbonyl (C=O) groups is 1. The molecule has 1 N–H and O–H groups in total. The average molecular weight is 403 g/mol. The third-order valence-electron chi connectivity index (χ3n) is 5.28. The van der Waals surface area contributed by atoms with Gasteiger partial charge in [0, 0.05) is 31.6 Å². The van der Waals surface area contributed by atoms with E-state index < -0.39 is 0 Å². The Hall–Kier alpha value is -3.48. The Labute approximate surface area is 174 Å². The Kier molecular flexibility index (Phi) is 5.61. The van der Waals surface area contributed by atoms with Gasteiger partial charge in [0.1, 0.15) is 5.82 Å². The van der Waals surface area contributed by atoms with Gasteiger partial charge < -0.3 is 9.88 Å². The molecule has 0 spiro atoms. The van der Waals surface area contributed by atoms with E-state index in [-0.39, 0.29) is 11.5 Å². The van der Waals surface area contributed by atoms with Gasteiger partial charge >= 0.3 is 0 Å². The number of para-hydroxylation sites is 1. The van der Waals surface area contributed by atoms with Gasteiger partial charge in [0.25, 0.3) is 5.56 Å². The number of hydrogen-bond donors (Lipinski definition) is 1. The van der Waals surface area contributed by atoms with E-state index in [1.54, 1.807) is 17.0 Å². The Morgan fingerprint density at radius 2 is 1.93 bits per heavy atom. The van der Waals surface area contributed by atoms with Crippen LogP contribution in [0.25, 0.3) is 21.9 Å². The first-order valence-electron chi connectivity index (χ1n) is 10.3. The first-order valence-corrected chi connectivity index (χ1v) is 10.3. The fourth-order valence-electron chi connectivity index (χ4n) is 3.78. The Bertz CT molecular complexity index is 1270. The standard InChI is InChI=1S/C23H25N5O2/c1-3-21-26-19-14-16(11-12-20(19)28(21)4-2)25-22(29)10-7-13-27-15-24-18-9-6-5-8-17(18)23(27)30/h5-6,8-9,11-12,14-15H,3-4,7,10,13H2,1-2H3,(H,25,29). The van der Waals surface area contributed by atoms with Gasteiger partial charge in [-0.05, 0) is 43.7 Å². The van der Waals surface area contributed by atoms with Crippen molar-refractivity contribution in [3.63, 3.8) is 0 Å². The lowest BCUT2D eigenvalue weighted by Gasteiger charge is -2.08. The number of fused-ring (bicyclic) bond motifs is 2. The second-order valence-electron chi connectivity index (χ2n) is 7.24. The summed E-state index contributed by atoms with van der Waals surface area (Å²) in [5, 5.41) is 3.53. The number of amides is 1. The number of rotatable bonds is 7. The second-order valence-corrected chi connectivity index (χ2v) is 7.24. The van der Waals surface area contributed by atoms with Gasteiger partial charge in [-0.3, -0.25) is 14.2 Å². The highest BCUT2D eigenvalue weighted by Crippen LogP contribution is 2.21. The highest BCUT2D eigenvalue weighted by Gasteiger charge is 2.10. The summed E-state index contributed by atoms with van der Waals surface area (Å²) in [4.78, 5) is 33.9. The molecule has 1 amide bonds. The quantitative estimate of drug-likeness (QED) is 0.510. The topological polar surface area (TPSA) is 81.8 Å². The number of nitrogens with zero attached hydrogens (tertiary/aromatic N) is 4. The molecule has 2 heterocycles. The Balaban J connectivity index is 1.39. The first kappa shape index (κ1) is 19.8. The smallest absolute Gasteiger partial charge is 0.261 e. The lowest BCUT2D eigenvalue weighted by Crippen LogP contribution is -2.21. The van der Waals surface area contributed by atoms with Crippen LogP contribution in [0.4, 0.5) is 5.69 Å². The summed E-state index contributed by atoms with van der Waals surface area (Å²) in [5.74, 6) is 0.965. The van der Waals surface area contributed by atoms with Crippen molar-refractivity contribution >= 4 is 33.5 Å². The molecule has 4 rings (SSSR count). The van der Waals surface area contributed by atoms with E-state index in [4.69, 9.17) is 0 Å². The number of nitrogens with one attached hydrogen (secondary N) is 1. The fourth-order valence-corrected chi connectivity index (χ4v) is 3.78. The van der Waals surface area contributed by atoms with Gasteiger partial charge in [0.15, 0.2) is 0 Å². The SMILES string of the molecule is CCc1nc2cc(NC(=O)CCCn3cnc4ccccc4c3=O)ccc2n1CC. The van der Waals surface area contributed by atoms with Crippen molar-refractivity contribution in [2.75, 3.05) is 5.32 Å². The molecule has 0 aliphatic carbocycles. The van der Waals surface area contributed by atoms with Gasteiger partial charge in [-0.1, -0.05) is 19.1 Å². The van der Waals surface area contributed by atoms with Crippen molar-refractivity contribution < 1.29 is 4.79 Å². The number of aryl methyl sites for hydroxylation is 3. The van der Waals surface area contributed by atoms with Crippen molar-refractivity contribution in [3.8, 4) is 0 Å². The highest BCUT2D eigenvalue weighted by molar-refractivity contribution is 5.93. The summed E-state index contributed by atoms with van der Waals surface area (Å²) < 4.78 is 3.75. The van der Waals surface area contributed by atoms with Crippen LogP contribution < -0.4 is 10.9 Å². The van der Waals surface area contributed by atoms with E-state index >= 15 is 0 Å². The summed E-state index contributed by atoms with van der Waals surface area (Å²) in [6.45, 7) is 5.51. The monoisotopic (exact) mass is 403 g/mol. The van der Waals surface area contributed by atoms with Crippen molar-refractivity contribution in [3.05, 3.63) is 65.0 Å². The van der Waals surface area contributed by atoms with Gasteiger partial charge in [0.05, 0.1) is 28.3 Å². The molecule has 0 bridgehead atoms. The molecule has 0 radical (unpaired) electrons. The lowest BCUT2D eigenvalue weighted by atomic mass is 10.2. The minimum atomic E-state index is -0.0817. The van der Waals surface area contributed by atoms with Crippen LogP contribution in [0.3, 0.4) is 0 Å². The number of imidazole rings is 1. The number of anilines is 1. The van der Waals surface area contributed by atoms with Crippen molar-refractivity contribution in [2.45, 2.75) is 46.2 Å². The molecule has 0 fully saturated rings. The van der Waals surface area contributed by atoms with Crippen LogP contribution in [0.2, 0.25) is 0 Å². The van der Waals surface area contributed by atoms with E-state index in [1.165, 1.54) is 0 Å². The third-order valence-corrected chi connectivity index (χ3v) is 5.28. The van der Waals surface area contributed by atoms with Crippen LogP contribution in [0.15, 0.2) is 53.6 Å². The normalized spacial score (nSPS) is 11.3. The fraction of sp³-hybridized carbons (Fsp3) is 0.304. The van der Waals surface area contributed by atoms with Crippen molar-refractivity contribution in [2.24, 2.45) is 0 Å². The van der Waals surface area contributed by atoms with Gasteiger partial charge in [-0.15, -0.1) is 0 Å². The van der Waals surface area contributed by atoms with Crippen molar-refractivity contribution in [1.29, 1.82) is 0 Å². The minimum Gasteiger partial charge on any atom is -0.328 e. The van der Waals surface area contributed by atoms with Crippen LogP contribution in [-0.2, 0) is 24.3 Å². The number of hydrogen-bond acceptors (Lipinski definition) is 4. The molecular weight excluding hydrogens is 378 g/mol. The predicted molar refractivity (Wildman–Crippen MR) is 119 cm³/mol. The van der Waals surface area contributed by atoms with Crippen LogP contribution in [-0.4, -0.2) is 25.0 Å². The highest BCUT2D eigenvalue weighted by atomic mass is 16.1. The third kappa shape index (κ3) is 3.83. The largest absolute Gasteiger partial charge is 0.328 e. The predicted octanol–water partition coefficient (Wildman–Crippen LogP) is 3.75. The molecule has 7 nitrogen and oxygen atoms in total. The van der Waals surface area contributed by atoms with Gasteiger partial charge in [-0.2, -0.15) is 0 Å². The van der Waals surface area contributed by atoms with Gasteiger partial charge in [-0.25, -0.2) is 9.97 Å². The number of benzene rings is 2. The molecule has 0 aliphatic heterocycles. The average Bonchev–Trinajstić information content (AvgIpc) is 3.12. The van der Waals surface area contributed by atoms with Crippen LogP contribution in [0.5, 0.6) is 0 Å². The molecule has 0 unspecified atom stereocenters. The maximum atomic E-state index is 12.5. The molecule has 0 aliphatic rings. The molecule has 4 aromatic rings. The minimum absolute atomic E-state index is 0.0790. The first-order chi connectivity index (χ1) is 14.6. The molecule has 2 aromatic carbocycles. The Morgan fingerprint density at radius 3 is 2.73 bits per heavy atom. The molecule has 0 atom stereocenters. The van der Waals surface area contributed by atoms with E-state index in [0.29, 0.717) is 30.3 Å². The zero-order chi connectivity index (χ0) is 21.1. The summed E-state index contributed by atoms with van der Waals surface area (Å²) in [6, 6.07) is 13.1. The van der Waals surface area contributed by atoms with Crippen LogP contribution in [0, 0.1) is 0 Å². The number of carbonyl (C=O) groups excluding carboxylic acids is 1. The van der Waals surface area contributed by atoms with Crippen molar-refractivity contribution in [1.82, 2.24) is 19.1 Å². The summed E-state index contributed by atoms with van der Waals surface area (Å²) in [6.07, 6.45) is 3.29. The molecule has 0 saturated carbocycles. The van der Waals surface area contributed by atoms with E-state index in [9.17, 15) is 9.59 Å². The molecule has 0 saturated heterocycles. The van der Waals surface area contributed by atoms with Gasteiger partial charge in [0.2, 0.25) is 5.91 Å². The molecule has 30 heavy (non-hydrogen) atoms. The lowest BCUT2D eigenvalue weighted by molar-refractivity contribution is -0.116. The summed E-state index contributed by atoms with van der Waals surface area (Å²) in [7, 11) is 0. The van der Waals surface area contributed by atoms with E-state index in [1.807, 2.05) is 36.4 Å². The summed E-state index contributed by atoms with van der Waals surface area (Å²) in [5.41, 5.74) is 3.31. The van der Waals surface area contributed by atoms with Crippen LogP contribution >= 0.6 is 0 Å². The zero-order valence-electron chi connectivity index (χ0n) is 17.3. The zero-order valence-corrected chi connectivity index (χ0v) is 17.3. The number of aromatic nitrogens is 4. The summed E-state index contributed by atoms with van der Waals surface area (Å²) >= 11 is 0. The maximum Gasteiger partial charge on any atom is 0.261 e. The second kappa shape index (κ2) is 8.49. The molecule has 154 valence electrons. The molecule has 2 aromatic heterocycles. The molecular formula is C23H25N5O2.